The number of guanidine groups is 1. The minimum absolute atomic E-state index is 0. The molecule has 1 saturated carbocycles. The van der Waals surface area contributed by atoms with Crippen LogP contribution in [0.2, 0.25) is 0 Å². The number of halogens is 1. The third kappa shape index (κ3) is 10.5. The van der Waals surface area contributed by atoms with Gasteiger partial charge in [0.1, 0.15) is 6.10 Å². The fourth-order valence-corrected chi connectivity index (χ4v) is 2.92. The Morgan fingerprint density at radius 1 is 1.15 bits per heavy atom. The molecule has 0 spiro atoms. The summed E-state index contributed by atoms with van der Waals surface area (Å²) < 4.78 is 11.1. The first kappa shape index (κ1) is 23.7. The SMILES string of the molecule is CN=C(NCCCC(=O)OC1CCCC1)NCCOCc1ccccc1.I. The summed E-state index contributed by atoms with van der Waals surface area (Å²) in [7, 11) is 1.73. The van der Waals surface area contributed by atoms with Crippen LogP contribution in [-0.2, 0) is 20.9 Å². The van der Waals surface area contributed by atoms with Gasteiger partial charge in [0.2, 0.25) is 0 Å². The average molecular weight is 489 g/mol. The predicted octanol–water partition coefficient (Wildman–Crippen LogP) is 3.25. The number of nitrogens with zero attached hydrogens (tertiary/aromatic N) is 1. The molecular weight excluding hydrogens is 457 g/mol. The Morgan fingerprint density at radius 2 is 1.85 bits per heavy atom. The molecule has 0 aromatic heterocycles. The van der Waals surface area contributed by atoms with Crippen molar-refractivity contribution in [3.8, 4) is 0 Å². The van der Waals surface area contributed by atoms with Crippen molar-refractivity contribution >= 4 is 35.9 Å². The van der Waals surface area contributed by atoms with Crippen molar-refractivity contribution in [2.45, 2.75) is 51.2 Å². The number of benzene rings is 1. The van der Waals surface area contributed by atoms with E-state index in [0.29, 0.717) is 32.7 Å². The summed E-state index contributed by atoms with van der Waals surface area (Å²) >= 11 is 0. The molecule has 2 N–H and O–H groups in total. The van der Waals surface area contributed by atoms with E-state index >= 15 is 0 Å². The second-order valence-electron chi connectivity index (χ2n) is 6.46. The summed E-state index contributed by atoms with van der Waals surface area (Å²) in [5, 5.41) is 6.40. The van der Waals surface area contributed by atoms with Crippen LogP contribution in [0.5, 0.6) is 0 Å². The summed E-state index contributed by atoms with van der Waals surface area (Å²) in [6, 6.07) is 10.1. The van der Waals surface area contributed by atoms with Gasteiger partial charge in [0.25, 0.3) is 0 Å². The number of hydrogen-bond donors (Lipinski definition) is 2. The van der Waals surface area contributed by atoms with Gasteiger partial charge < -0.3 is 20.1 Å². The molecule has 1 fully saturated rings. The molecule has 1 aromatic carbocycles. The maximum absolute atomic E-state index is 11.8. The molecule has 27 heavy (non-hydrogen) atoms. The van der Waals surface area contributed by atoms with Crippen LogP contribution in [0, 0.1) is 0 Å². The number of carbonyl (C=O) groups is 1. The average Bonchev–Trinajstić information content (AvgIpc) is 3.17. The van der Waals surface area contributed by atoms with Crippen LogP contribution in [0.4, 0.5) is 0 Å². The van der Waals surface area contributed by atoms with Gasteiger partial charge in [-0.3, -0.25) is 9.79 Å². The Labute approximate surface area is 179 Å². The van der Waals surface area contributed by atoms with Gasteiger partial charge >= 0.3 is 5.97 Å². The summed E-state index contributed by atoms with van der Waals surface area (Å²) in [4.78, 5) is 15.9. The van der Waals surface area contributed by atoms with Crippen LogP contribution in [0.15, 0.2) is 35.3 Å². The fraction of sp³-hybridized carbons (Fsp3) is 0.600. The summed E-state index contributed by atoms with van der Waals surface area (Å²) in [6.07, 6.45) is 5.73. The third-order valence-electron chi connectivity index (χ3n) is 4.32. The molecule has 0 unspecified atom stereocenters. The monoisotopic (exact) mass is 489 g/mol. The molecule has 6 nitrogen and oxygen atoms in total. The largest absolute Gasteiger partial charge is 0.462 e. The van der Waals surface area contributed by atoms with Gasteiger partial charge in [0, 0.05) is 26.6 Å². The lowest BCUT2D eigenvalue weighted by Crippen LogP contribution is -2.39. The minimum Gasteiger partial charge on any atom is -0.462 e. The van der Waals surface area contributed by atoms with Crippen LogP contribution in [-0.4, -0.2) is 44.8 Å². The zero-order chi connectivity index (χ0) is 18.5. The topological polar surface area (TPSA) is 72.0 Å². The van der Waals surface area contributed by atoms with Crippen LogP contribution in [0.3, 0.4) is 0 Å². The number of nitrogens with one attached hydrogen (secondary N) is 2. The maximum Gasteiger partial charge on any atom is 0.306 e. The summed E-state index contributed by atoms with van der Waals surface area (Å²) in [6.45, 7) is 2.57. The molecule has 0 aliphatic heterocycles. The highest BCUT2D eigenvalue weighted by Gasteiger charge is 2.18. The highest BCUT2D eigenvalue weighted by Crippen LogP contribution is 2.21. The zero-order valence-corrected chi connectivity index (χ0v) is 18.4. The second-order valence-corrected chi connectivity index (χ2v) is 6.46. The Bertz CT molecular complexity index is 549. The van der Waals surface area contributed by atoms with Crippen LogP contribution >= 0.6 is 24.0 Å². The summed E-state index contributed by atoms with van der Waals surface area (Å²) in [5.41, 5.74) is 1.17. The van der Waals surface area contributed by atoms with Crippen molar-refractivity contribution in [2.75, 3.05) is 26.7 Å². The molecule has 1 aromatic rings. The summed E-state index contributed by atoms with van der Waals surface area (Å²) in [5.74, 6) is 0.633. The van der Waals surface area contributed by atoms with E-state index in [2.05, 4.69) is 15.6 Å². The molecule has 0 bridgehead atoms. The van der Waals surface area contributed by atoms with Crippen molar-refractivity contribution in [1.29, 1.82) is 0 Å². The Balaban J connectivity index is 0.00000364. The van der Waals surface area contributed by atoms with E-state index in [9.17, 15) is 4.79 Å². The normalized spacial score (nSPS) is 14.5. The standard InChI is InChI=1S/C20H31N3O3.HI/c1-21-20(23-14-15-25-16-17-8-3-2-4-9-17)22-13-7-12-19(24)26-18-10-5-6-11-18;/h2-4,8-9,18H,5-7,10-16H2,1H3,(H2,21,22,23);1H. The number of esters is 1. The fourth-order valence-electron chi connectivity index (χ4n) is 2.92. The molecule has 0 saturated heterocycles. The van der Waals surface area contributed by atoms with Crippen molar-refractivity contribution in [3.05, 3.63) is 35.9 Å². The molecule has 2 rings (SSSR count). The van der Waals surface area contributed by atoms with Crippen molar-refractivity contribution in [3.63, 3.8) is 0 Å². The van der Waals surface area contributed by atoms with E-state index in [4.69, 9.17) is 9.47 Å². The highest BCUT2D eigenvalue weighted by molar-refractivity contribution is 14.0. The molecular formula is C20H32IN3O3. The van der Waals surface area contributed by atoms with E-state index in [1.807, 2.05) is 30.3 Å². The first-order valence-electron chi connectivity index (χ1n) is 9.53. The van der Waals surface area contributed by atoms with Crippen molar-refractivity contribution in [1.82, 2.24) is 10.6 Å². The molecule has 0 radical (unpaired) electrons. The van der Waals surface area contributed by atoms with Gasteiger partial charge in [-0.2, -0.15) is 0 Å². The molecule has 0 amide bonds. The first-order valence-corrected chi connectivity index (χ1v) is 9.53. The number of ether oxygens (including phenoxy) is 2. The van der Waals surface area contributed by atoms with Crippen LogP contribution in [0.1, 0.15) is 44.1 Å². The molecule has 1 aliphatic rings. The Kier molecular flexibility index (Phi) is 12.9. The first-order chi connectivity index (χ1) is 12.8. The minimum atomic E-state index is -0.0871. The van der Waals surface area contributed by atoms with E-state index in [0.717, 1.165) is 25.2 Å². The van der Waals surface area contributed by atoms with Gasteiger partial charge in [-0.15, -0.1) is 24.0 Å². The van der Waals surface area contributed by atoms with E-state index in [1.54, 1.807) is 7.05 Å². The van der Waals surface area contributed by atoms with Gasteiger partial charge in [0.05, 0.1) is 13.2 Å². The number of carbonyl (C=O) groups excluding carboxylic acids is 1. The van der Waals surface area contributed by atoms with E-state index < -0.39 is 0 Å². The lowest BCUT2D eigenvalue weighted by Gasteiger charge is -2.13. The quantitative estimate of drug-likeness (QED) is 0.174. The molecule has 1 aliphatic carbocycles. The van der Waals surface area contributed by atoms with Crippen molar-refractivity contribution < 1.29 is 14.3 Å². The van der Waals surface area contributed by atoms with Gasteiger partial charge in [-0.05, 0) is 37.7 Å². The highest BCUT2D eigenvalue weighted by atomic mass is 127. The van der Waals surface area contributed by atoms with E-state index in [1.165, 1.54) is 18.4 Å². The van der Waals surface area contributed by atoms with Gasteiger partial charge in [-0.1, -0.05) is 30.3 Å². The lowest BCUT2D eigenvalue weighted by atomic mass is 10.2. The van der Waals surface area contributed by atoms with Crippen LogP contribution in [0.25, 0.3) is 0 Å². The second kappa shape index (κ2) is 14.7. The molecule has 0 atom stereocenters. The number of hydrogen-bond acceptors (Lipinski definition) is 4. The predicted molar refractivity (Wildman–Crippen MR) is 118 cm³/mol. The molecule has 7 heteroatoms. The van der Waals surface area contributed by atoms with Crippen LogP contribution < -0.4 is 10.6 Å². The zero-order valence-electron chi connectivity index (χ0n) is 16.1. The third-order valence-corrected chi connectivity index (χ3v) is 4.32. The maximum atomic E-state index is 11.8. The van der Waals surface area contributed by atoms with Crippen molar-refractivity contribution in [2.24, 2.45) is 4.99 Å². The number of aliphatic imine (C=N–C) groups is 1. The van der Waals surface area contributed by atoms with E-state index in [-0.39, 0.29) is 36.0 Å². The lowest BCUT2D eigenvalue weighted by molar-refractivity contribution is -0.148. The molecule has 152 valence electrons. The Hall–Kier alpha value is -1.35. The Morgan fingerprint density at radius 3 is 2.56 bits per heavy atom. The van der Waals surface area contributed by atoms with Gasteiger partial charge in [0.15, 0.2) is 5.96 Å². The smallest absolute Gasteiger partial charge is 0.306 e. The number of rotatable bonds is 10. The molecule has 0 heterocycles. The van der Waals surface area contributed by atoms with Gasteiger partial charge in [-0.25, -0.2) is 0 Å².